The van der Waals surface area contributed by atoms with E-state index in [2.05, 4.69) is 17.3 Å². The minimum absolute atomic E-state index is 0.848. The minimum atomic E-state index is 0.848. The molecule has 0 spiro atoms. The molecule has 2 heteroatoms. The summed E-state index contributed by atoms with van der Waals surface area (Å²) >= 11 is 0. The van der Waals surface area contributed by atoms with Crippen LogP contribution >= 0.6 is 0 Å². The summed E-state index contributed by atoms with van der Waals surface area (Å²) in [6.07, 6.45) is 8.64. The molecule has 3 rings (SSSR count). The molecule has 0 aromatic rings. The molecule has 2 saturated heterocycles. The number of piperidine rings is 1. The van der Waals surface area contributed by atoms with Crippen LogP contribution in [-0.2, 0) is 0 Å². The third-order valence-corrected chi connectivity index (χ3v) is 4.31. The normalized spacial score (nSPS) is 42.0. The van der Waals surface area contributed by atoms with E-state index >= 15 is 0 Å². The molecule has 0 aromatic heterocycles. The molecule has 2 aliphatic heterocycles. The lowest BCUT2D eigenvalue weighted by Crippen LogP contribution is -2.47. The third kappa shape index (κ3) is 1.82. The van der Waals surface area contributed by atoms with Gasteiger partial charge in [0.1, 0.15) is 0 Å². The Morgan fingerprint density at radius 2 is 1.71 bits per heavy atom. The average molecular weight is 194 g/mol. The molecule has 1 saturated carbocycles. The van der Waals surface area contributed by atoms with Gasteiger partial charge in [0.15, 0.2) is 0 Å². The van der Waals surface area contributed by atoms with E-state index in [1.165, 1.54) is 45.1 Å². The predicted molar refractivity (Wildman–Crippen MR) is 58.3 cm³/mol. The quantitative estimate of drug-likeness (QED) is 0.734. The second-order valence-electron chi connectivity index (χ2n) is 5.65. The van der Waals surface area contributed by atoms with E-state index < -0.39 is 0 Å². The molecule has 2 nitrogen and oxygen atoms in total. The Kier molecular flexibility index (Phi) is 2.29. The molecule has 2 heterocycles. The van der Waals surface area contributed by atoms with Crippen LogP contribution < -0.4 is 5.32 Å². The molecule has 14 heavy (non-hydrogen) atoms. The summed E-state index contributed by atoms with van der Waals surface area (Å²) in [6, 6.07) is 2.58. The maximum absolute atomic E-state index is 3.72. The first-order valence-electron chi connectivity index (χ1n) is 6.27. The maximum Gasteiger partial charge on any atom is 0.0122 e. The van der Waals surface area contributed by atoms with Gasteiger partial charge in [-0.3, -0.25) is 0 Å². The van der Waals surface area contributed by atoms with Gasteiger partial charge in [0.05, 0.1) is 0 Å². The average Bonchev–Trinajstić information content (AvgIpc) is 2.93. The highest BCUT2D eigenvalue weighted by Gasteiger charge is 2.36. The van der Waals surface area contributed by atoms with E-state index in [1.807, 2.05) is 0 Å². The Morgan fingerprint density at radius 3 is 2.29 bits per heavy atom. The lowest BCUT2D eigenvalue weighted by molar-refractivity contribution is 0.167. The molecular weight excluding hydrogens is 172 g/mol. The second-order valence-corrected chi connectivity index (χ2v) is 5.65. The molecule has 3 fully saturated rings. The SMILES string of the molecule is CN(CC1CC1)C1CC2CC[C@H](C1)N2. The fourth-order valence-corrected chi connectivity index (χ4v) is 3.24. The van der Waals surface area contributed by atoms with E-state index in [9.17, 15) is 0 Å². The summed E-state index contributed by atoms with van der Waals surface area (Å²) in [5, 5.41) is 3.72. The van der Waals surface area contributed by atoms with Gasteiger partial charge in [-0.05, 0) is 51.5 Å². The molecule has 0 amide bonds. The van der Waals surface area contributed by atoms with E-state index in [-0.39, 0.29) is 0 Å². The summed E-state index contributed by atoms with van der Waals surface area (Å²) in [6.45, 7) is 1.37. The Bertz CT molecular complexity index is 200. The highest BCUT2D eigenvalue weighted by molar-refractivity contribution is 4.95. The van der Waals surface area contributed by atoms with E-state index in [0.29, 0.717) is 0 Å². The molecule has 1 aliphatic carbocycles. The summed E-state index contributed by atoms with van der Waals surface area (Å²) in [4.78, 5) is 2.64. The largest absolute Gasteiger partial charge is 0.311 e. The van der Waals surface area contributed by atoms with Gasteiger partial charge >= 0.3 is 0 Å². The molecule has 0 radical (unpaired) electrons. The third-order valence-electron chi connectivity index (χ3n) is 4.31. The predicted octanol–water partition coefficient (Wildman–Crippen LogP) is 1.61. The van der Waals surface area contributed by atoms with Gasteiger partial charge in [0.2, 0.25) is 0 Å². The first-order valence-corrected chi connectivity index (χ1v) is 6.27. The Morgan fingerprint density at radius 1 is 1.07 bits per heavy atom. The number of hydrogen-bond acceptors (Lipinski definition) is 2. The zero-order valence-electron chi connectivity index (χ0n) is 9.21. The van der Waals surface area contributed by atoms with Crippen LogP contribution in [0.15, 0.2) is 0 Å². The number of nitrogens with one attached hydrogen (secondary N) is 1. The zero-order chi connectivity index (χ0) is 9.54. The van der Waals surface area contributed by atoms with Crippen molar-refractivity contribution in [3.05, 3.63) is 0 Å². The molecule has 2 unspecified atom stereocenters. The monoisotopic (exact) mass is 194 g/mol. The van der Waals surface area contributed by atoms with Crippen LogP contribution in [0.25, 0.3) is 0 Å². The van der Waals surface area contributed by atoms with Crippen LogP contribution in [0.4, 0.5) is 0 Å². The summed E-state index contributed by atoms with van der Waals surface area (Å²) in [5.74, 6) is 1.05. The molecule has 80 valence electrons. The van der Waals surface area contributed by atoms with Crippen LogP contribution in [0.3, 0.4) is 0 Å². The van der Waals surface area contributed by atoms with Crippen molar-refractivity contribution in [1.29, 1.82) is 0 Å². The van der Waals surface area contributed by atoms with Crippen molar-refractivity contribution in [3.63, 3.8) is 0 Å². The van der Waals surface area contributed by atoms with Crippen molar-refractivity contribution in [2.45, 2.75) is 56.7 Å². The fourth-order valence-electron chi connectivity index (χ4n) is 3.24. The number of rotatable bonds is 3. The summed E-state index contributed by atoms with van der Waals surface area (Å²) in [5.41, 5.74) is 0. The van der Waals surface area contributed by atoms with Crippen molar-refractivity contribution >= 4 is 0 Å². The van der Waals surface area contributed by atoms with Crippen LogP contribution in [0.5, 0.6) is 0 Å². The highest BCUT2D eigenvalue weighted by atomic mass is 15.2. The van der Waals surface area contributed by atoms with Crippen molar-refractivity contribution < 1.29 is 0 Å². The van der Waals surface area contributed by atoms with Crippen molar-refractivity contribution in [2.24, 2.45) is 5.92 Å². The minimum Gasteiger partial charge on any atom is -0.311 e. The van der Waals surface area contributed by atoms with E-state index in [0.717, 1.165) is 24.0 Å². The van der Waals surface area contributed by atoms with Gasteiger partial charge in [-0.25, -0.2) is 0 Å². The topological polar surface area (TPSA) is 15.3 Å². The molecule has 2 bridgehead atoms. The standard InChI is InChI=1S/C12H22N2/c1-14(8-9-2-3-9)12-6-10-4-5-11(7-12)13-10/h9-13H,2-8H2,1H3/t10-,11?,12?/m1/s1. The smallest absolute Gasteiger partial charge is 0.0122 e. The Balaban J connectivity index is 1.56. The summed E-state index contributed by atoms with van der Waals surface area (Å²) in [7, 11) is 2.34. The first kappa shape index (κ1) is 9.17. The van der Waals surface area contributed by atoms with Gasteiger partial charge in [-0.2, -0.15) is 0 Å². The Hall–Kier alpha value is -0.0800. The van der Waals surface area contributed by atoms with Crippen molar-refractivity contribution in [2.75, 3.05) is 13.6 Å². The second kappa shape index (κ2) is 3.49. The zero-order valence-corrected chi connectivity index (χ0v) is 9.21. The molecule has 3 atom stereocenters. The van der Waals surface area contributed by atoms with Crippen LogP contribution in [0.1, 0.15) is 38.5 Å². The van der Waals surface area contributed by atoms with Gasteiger partial charge in [0.25, 0.3) is 0 Å². The number of fused-ring (bicyclic) bond motifs is 2. The fraction of sp³-hybridized carbons (Fsp3) is 1.00. The number of hydrogen-bond donors (Lipinski definition) is 1. The lowest BCUT2D eigenvalue weighted by Gasteiger charge is -2.35. The molecular formula is C12H22N2. The van der Waals surface area contributed by atoms with Crippen LogP contribution in [0.2, 0.25) is 0 Å². The maximum atomic E-state index is 3.72. The van der Waals surface area contributed by atoms with Crippen LogP contribution in [-0.4, -0.2) is 36.6 Å². The molecule has 0 aromatic carbocycles. The van der Waals surface area contributed by atoms with Gasteiger partial charge in [-0.15, -0.1) is 0 Å². The first-order chi connectivity index (χ1) is 6.81. The van der Waals surface area contributed by atoms with Gasteiger partial charge < -0.3 is 10.2 Å². The summed E-state index contributed by atoms with van der Waals surface area (Å²) < 4.78 is 0. The lowest BCUT2D eigenvalue weighted by atomic mass is 9.98. The van der Waals surface area contributed by atoms with E-state index in [1.54, 1.807) is 0 Å². The highest BCUT2D eigenvalue weighted by Crippen LogP contribution is 2.33. The molecule has 3 aliphatic rings. The van der Waals surface area contributed by atoms with Crippen molar-refractivity contribution in [3.8, 4) is 0 Å². The van der Waals surface area contributed by atoms with Crippen LogP contribution in [0, 0.1) is 5.92 Å². The van der Waals surface area contributed by atoms with Crippen molar-refractivity contribution in [1.82, 2.24) is 10.2 Å². The number of nitrogens with zero attached hydrogens (tertiary/aromatic N) is 1. The Labute approximate surface area is 87.0 Å². The molecule has 1 N–H and O–H groups in total. The van der Waals surface area contributed by atoms with Gasteiger partial charge in [-0.1, -0.05) is 0 Å². The van der Waals surface area contributed by atoms with Gasteiger partial charge in [0, 0.05) is 24.7 Å². The van der Waals surface area contributed by atoms with E-state index in [4.69, 9.17) is 0 Å².